The van der Waals surface area contributed by atoms with E-state index in [1.54, 1.807) is 19.2 Å². The summed E-state index contributed by atoms with van der Waals surface area (Å²) in [5.74, 6) is 0.223. The van der Waals surface area contributed by atoms with Gasteiger partial charge in [0.05, 0.1) is 11.6 Å². The summed E-state index contributed by atoms with van der Waals surface area (Å²) in [6, 6.07) is 4.94. The van der Waals surface area contributed by atoms with Crippen LogP contribution in [0.5, 0.6) is 0 Å². The quantitative estimate of drug-likeness (QED) is 0.734. The van der Waals surface area contributed by atoms with Crippen LogP contribution in [-0.2, 0) is 11.2 Å². The van der Waals surface area contributed by atoms with Crippen LogP contribution in [0.2, 0.25) is 5.02 Å². The third kappa shape index (κ3) is 5.80. The molecule has 0 aliphatic heterocycles. The molecule has 1 atom stereocenters. The molecule has 1 N–H and O–H groups in total. The fraction of sp³-hybridized carbons (Fsp3) is 0.571. The molecule has 0 aliphatic carbocycles. The number of halogens is 2. The van der Waals surface area contributed by atoms with Gasteiger partial charge in [-0.25, -0.2) is 4.39 Å². The Morgan fingerprint density at radius 1 is 1.44 bits per heavy atom. The van der Waals surface area contributed by atoms with Crippen LogP contribution in [0.1, 0.15) is 18.9 Å². The minimum atomic E-state index is -0.352. The second kappa shape index (κ2) is 8.46. The fourth-order valence-corrected chi connectivity index (χ4v) is 1.94. The first kappa shape index (κ1) is 15.4. The Morgan fingerprint density at radius 3 is 2.89 bits per heavy atom. The van der Waals surface area contributed by atoms with Gasteiger partial charge in [-0.2, -0.15) is 0 Å². The molecular weight excluding hydrogens is 253 g/mol. The van der Waals surface area contributed by atoms with Gasteiger partial charge in [0.1, 0.15) is 5.82 Å². The molecule has 0 spiro atoms. The molecule has 102 valence electrons. The first-order valence-corrected chi connectivity index (χ1v) is 6.65. The highest BCUT2D eigenvalue weighted by molar-refractivity contribution is 6.30. The van der Waals surface area contributed by atoms with E-state index < -0.39 is 0 Å². The molecule has 0 fully saturated rings. The van der Waals surface area contributed by atoms with Gasteiger partial charge >= 0.3 is 0 Å². The molecule has 0 aromatic heterocycles. The number of aryl methyl sites for hydroxylation is 1. The van der Waals surface area contributed by atoms with Crippen LogP contribution in [0.3, 0.4) is 0 Å². The monoisotopic (exact) mass is 273 g/mol. The van der Waals surface area contributed by atoms with Crippen molar-refractivity contribution in [3.8, 4) is 0 Å². The maximum absolute atomic E-state index is 13.0. The molecule has 2 nitrogen and oxygen atoms in total. The number of methoxy groups -OCH3 is 1. The third-order valence-electron chi connectivity index (χ3n) is 2.89. The van der Waals surface area contributed by atoms with E-state index in [4.69, 9.17) is 16.3 Å². The summed E-state index contributed by atoms with van der Waals surface area (Å²) in [6.07, 6.45) is 1.98. The molecule has 0 heterocycles. The number of benzene rings is 1. The van der Waals surface area contributed by atoms with E-state index in [9.17, 15) is 4.39 Å². The molecule has 1 aromatic rings. The largest absolute Gasteiger partial charge is 0.383 e. The Labute approximate surface area is 113 Å². The molecule has 1 aromatic carbocycles. The predicted octanol–water partition coefficient (Wildman–Crippen LogP) is 3.28. The van der Waals surface area contributed by atoms with Crippen LogP contribution in [0.4, 0.5) is 4.39 Å². The average Bonchev–Trinajstić information content (AvgIpc) is 2.36. The van der Waals surface area contributed by atoms with Gasteiger partial charge in [-0.05, 0) is 43.0 Å². The molecule has 18 heavy (non-hydrogen) atoms. The fourth-order valence-electron chi connectivity index (χ4n) is 1.73. The first-order chi connectivity index (χ1) is 8.63. The zero-order valence-corrected chi connectivity index (χ0v) is 11.8. The van der Waals surface area contributed by atoms with Crippen LogP contribution in [0, 0.1) is 11.7 Å². The van der Waals surface area contributed by atoms with Gasteiger partial charge < -0.3 is 10.1 Å². The molecule has 0 radical (unpaired) electrons. The summed E-state index contributed by atoms with van der Waals surface area (Å²) < 4.78 is 17.9. The summed E-state index contributed by atoms with van der Waals surface area (Å²) in [5.41, 5.74) is 1.09. The lowest BCUT2D eigenvalue weighted by Crippen LogP contribution is -2.25. The summed E-state index contributed by atoms with van der Waals surface area (Å²) in [4.78, 5) is 0. The third-order valence-corrected chi connectivity index (χ3v) is 3.18. The standard InChI is InChI=1S/C14H21ClFNO/c1-11(10-17-7-8-18-2)3-4-12-5-6-14(16)13(15)9-12/h5-6,9,11,17H,3-4,7-8,10H2,1-2H3. The summed E-state index contributed by atoms with van der Waals surface area (Å²) in [7, 11) is 1.70. The van der Waals surface area contributed by atoms with Gasteiger partial charge in [0, 0.05) is 13.7 Å². The van der Waals surface area contributed by atoms with E-state index in [0.717, 1.165) is 38.1 Å². The van der Waals surface area contributed by atoms with Crippen LogP contribution >= 0.6 is 11.6 Å². The number of rotatable bonds is 8. The minimum absolute atomic E-state index is 0.207. The van der Waals surface area contributed by atoms with Crippen LogP contribution in [0.15, 0.2) is 18.2 Å². The topological polar surface area (TPSA) is 21.3 Å². The van der Waals surface area contributed by atoms with E-state index in [2.05, 4.69) is 12.2 Å². The number of ether oxygens (including phenoxy) is 1. The average molecular weight is 274 g/mol. The maximum Gasteiger partial charge on any atom is 0.141 e. The molecule has 1 rings (SSSR count). The minimum Gasteiger partial charge on any atom is -0.383 e. The van der Waals surface area contributed by atoms with Gasteiger partial charge in [-0.1, -0.05) is 24.6 Å². The number of hydrogen-bond acceptors (Lipinski definition) is 2. The lowest BCUT2D eigenvalue weighted by molar-refractivity contribution is 0.198. The van der Waals surface area contributed by atoms with Crippen molar-refractivity contribution in [3.63, 3.8) is 0 Å². The lowest BCUT2D eigenvalue weighted by Gasteiger charge is -2.12. The smallest absolute Gasteiger partial charge is 0.141 e. The van der Waals surface area contributed by atoms with E-state index in [-0.39, 0.29) is 10.8 Å². The van der Waals surface area contributed by atoms with Gasteiger partial charge in [-0.3, -0.25) is 0 Å². The molecule has 0 saturated heterocycles. The second-order valence-electron chi connectivity index (χ2n) is 4.59. The van der Waals surface area contributed by atoms with Crippen molar-refractivity contribution in [3.05, 3.63) is 34.6 Å². The zero-order valence-electron chi connectivity index (χ0n) is 11.0. The highest BCUT2D eigenvalue weighted by atomic mass is 35.5. The van der Waals surface area contributed by atoms with E-state index in [0.29, 0.717) is 5.92 Å². The van der Waals surface area contributed by atoms with Crippen molar-refractivity contribution < 1.29 is 9.13 Å². The van der Waals surface area contributed by atoms with Crippen molar-refractivity contribution in [1.29, 1.82) is 0 Å². The highest BCUT2D eigenvalue weighted by Crippen LogP contribution is 2.18. The van der Waals surface area contributed by atoms with E-state index >= 15 is 0 Å². The molecule has 1 unspecified atom stereocenters. The second-order valence-corrected chi connectivity index (χ2v) is 5.00. The Kier molecular flexibility index (Phi) is 7.25. The van der Waals surface area contributed by atoms with Crippen molar-refractivity contribution in [2.45, 2.75) is 19.8 Å². The van der Waals surface area contributed by atoms with Crippen molar-refractivity contribution in [1.82, 2.24) is 5.32 Å². The summed E-state index contributed by atoms with van der Waals surface area (Å²) in [5, 5.41) is 3.54. The van der Waals surface area contributed by atoms with Crippen molar-refractivity contribution >= 4 is 11.6 Å². The summed E-state index contributed by atoms with van der Waals surface area (Å²) in [6.45, 7) is 4.78. The maximum atomic E-state index is 13.0. The first-order valence-electron chi connectivity index (χ1n) is 6.27. The molecule has 0 amide bonds. The Balaban J connectivity index is 2.24. The molecule has 0 bridgehead atoms. The normalized spacial score (nSPS) is 12.7. The Hall–Kier alpha value is -0.640. The zero-order chi connectivity index (χ0) is 13.4. The molecular formula is C14H21ClFNO. The van der Waals surface area contributed by atoms with Gasteiger partial charge in [0.2, 0.25) is 0 Å². The van der Waals surface area contributed by atoms with E-state index in [1.807, 2.05) is 0 Å². The van der Waals surface area contributed by atoms with Crippen LogP contribution < -0.4 is 5.32 Å². The van der Waals surface area contributed by atoms with Crippen LogP contribution in [-0.4, -0.2) is 26.8 Å². The lowest BCUT2D eigenvalue weighted by atomic mass is 10.0. The molecule has 0 aliphatic rings. The summed E-state index contributed by atoms with van der Waals surface area (Å²) >= 11 is 5.75. The number of nitrogens with one attached hydrogen (secondary N) is 1. The predicted molar refractivity (Wildman–Crippen MR) is 73.6 cm³/mol. The number of hydrogen-bond donors (Lipinski definition) is 1. The Bertz CT molecular complexity index is 360. The molecule has 4 heteroatoms. The van der Waals surface area contributed by atoms with Crippen LogP contribution in [0.25, 0.3) is 0 Å². The van der Waals surface area contributed by atoms with Gasteiger partial charge in [0.15, 0.2) is 0 Å². The SMILES string of the molecule is COCCNCC(C)CCc1ccc(F)c(Cl)c1. The van der Waals surface area contributed by atoms with Gasteiger partial charge in [-0.15, -0.1) is 0 Å². The molecule has 0 saturated carbocycles. The van der Waals surface area contributed by atoms with Crippen molar-refractivity contribution in [2.75, 3.05) is 26.8 Å². The van der Waals surface area contributed by atoms with Crippen molar-refractivity contribution in [2.24, 2.45) is 5.92 Å². The van der Waals surface area contributed by atoms with E-state index in [1.165, 1.54) is 6.07 Å². The van der Waals surface area contributed by atoms with Gasteiger partial charge in [0.25, 0.3) is 0 Å². The highest BCUT2D eigenvalue weighted by Gasteiger charge is 2.05. The Morgan fingerprint density at radius 2 is 2.22 bits per heavy atom.